The van der Waals surface area contributed by atoms with Gasteiger partial charge >= 0.3 is 0 Å². The van der Waals surface area contributed by atoms with Crippen LogP contribution in [0.5, 0.6) is 11.5 Å². The lowest BCUT2D eigenvalue weighted by atomic mass is 9.97. The van der Waals surface area contributed by atoms with Crippen molar-refractivity contribution >= 4 is 21.6 Å². The van der Waals surface area contributed by atoms with Gasteiger partial charge < -0.3 is 14.8 Å². The van der Waals surface area contributed by atoms with Crippen molar-refractivity contribution in [1.82, 2.24) is 5.32 Å². The number of hydrogen-bond acceptors (Lipinski definition) is 5. The molecule has 36 heavy (non-hydrogen) atoms. The molecule has 192 valence electrons. The van der Waals surface area contributed by atoms with Crippen LogP contribution in [0, 0.1) is 12.8 Å². The van der Waals surface area contributed by atoms with Gasteiger partial charge in [0.25, 0.3) is 10.0 Å². The first-order valence-corrected chi connectivity index (χ1v) is 13.3. The maximum absolute atomic E-state index is 13.7. The summed E-state index contributed by atoms with van der Waals surface area (Å²) in [6.45, 7) is 5.61. The Morgan fingerprint density at radius 2 is 1.61 bits per heavy atom. The number of sulfonamides is 1. The number of nitrogens with one attached hydrogen (secondary N) is 1. The molecule has 1 atom stereocenters. The van der Waals surface area contributed by atoms with Crippen LogP contribution in [-0.2, 0) is 14.8 Å². The van der Waals surface area contributed by atoms with E-state index in [1.165, 1.54) is 19.2 Å². The van der Waals surface area contributed by atoms with Crippen LogP contribution in [0.1, 0.15) is 37.4 Å². The van der Waals surface area contributed by atoms with Crippen LogP contribution in [0.25, 0.3) is 0 Å². The molecule has 7 nitrogen and oxygen atoms in total. The van der Waals surface area contributed by atoms with E-state index in [0.29, 0.717) is 23.8 Å². The normalized spacial score (nSPS) is 12.2. The second kappa shape index (κ2) is 11.9. The monoisotopic (exact) mass is 510 g/mol. The zero-order valence-corrected chi connectivity index (χ0v) is 22.2. The van der Waals surface area contributed by atoms with Crippen LogP contribution in [0.15, 0.2) is 77.7 Å². The third-order valence-corrected chi connectivity index (χ3v) is 7.56. The molecule has 0 aliphatic carbocycles. The Kier molecular flexibility index (Phi) is 8.98. The molecule has 0 aliphatic rings. The minimum Gasteiger partial charge on any atom is -0.497 e. The van der Waals surface area contributed by atoms with Gasteiger partial charge in [0, 0.05) is 0 Å². The highest BCUT2D eigenvalue weighted by molar-refractivity contribution is 7.92. The summed E-state index contributed by atoms with van der Waals surface area (Å²) in [5.41, 5.74) is 2.07. The molecule has 0 saturated heterocycles. The molecule has 0 saturated carbocycles. The van der Waals surface area contributed by atoms with Gasteiger partial charge in [-0.05, 0) is 66.8 Å². The van der Waals surface area contributed by atoms with Crippen molar-refractivity contribution < 1.29 is 22.7 Å². The molecule has 1 amide bonds. The van der Waals surface area contributed by atoms with Gasteiger partial charge in [-0.15, -0.1) is 0 Å². The molecule has 0 bridgehead atoms. The van der Waals surface area contributed by atoms with E-state index in [9.17, 15) is 13.2 Å². The van der Waals surface area contributed by atoms with Crippen LogP contribution in [0.2, 0.25) is 0 Å². The fourth-order valence-corrected chi connectivity index (χ4v) is 5.42. The molecule has 0 unspecified atom stereocenters. The van der Waals surface area contributed by atoms with E-state index in [4.69, 9.17) is 9.47 Å². The average Bonchev–Trinajstić information content (AvgIpc) is 2.87. The third kappa shape index (κ3) is 6.57. The lowest BCUT2D eigenvalue weighted by Crippen LogP contribution is -2.42. The molecule has 0 aliphatic heterocycles. The Hall–Kier alpha value is -3.52. The summed E-state index contributed by atoms with van der Waals surface area (Å²) in [7, 11) is -0.978. The SMILES string of the molecule is COc1ccc([C@H](CC(C)C)NC(=O)CN(c2cc(C)ccc2OC)S(=O)(=O)c2ccccc2)cc1. The van der Waals surface area contributed by atoms with Gasteiger partial charge in [-0.1, -0.05) is 50.2 Å². The first-order valence-electron chi connectivity index (χ1n) is 11.8. The Labute approximate surface area is 214 Å². The lowest BCUT2D eigenvalue weighted by molar-refractivity contribution is -0.120. The maximum atomic E-state index is 13.7. The van der Waals surface area contributed by atoms with Crippen LogP contribution < -0.4 is 19.1 Å². The first kappa shape index (κ1) is 27.1. The van der Waals surface area contributed by atoms with E-state index < -0.39 is 22.5 Å². The summed E-state index contributed by atoms with van der Waals surface area (Å²) >= 11 is 0. The van der Waals surface area contributed by atoms with Gasteiger partial charge in [0.15, 0.2) is 0 Å². The van der Waals surface area contributed by atoms with Gasteiger partial charge in [-0.3, -0.25) is 9.10 Å². The fourth-order valence-electron chi connectivity index (χ4n) is 3.97. The fraction of sp³-hybridized carbons (Fsp3) is 0.321. The molecule has 0 radical (unpaired) electrons. The molecule has 0 aromatic heterocycles. The summed E-state index contributed by atoms with van der Waals surface area (Å²) in [5, 5.41) is 3.05. The minimum atomic E-state index is -4.06. The Morgan fingerprint density at radius 1 is 0.944 bits per heavy atom. The maximum Gasteiger partial charge on any atom is 0.264 e. The van der Waals surface area contributed by atoms with E-state index in [1.54, 1.807) is 37.4 Å². The molecule has 8 heteroatoms. The van der Waals surface area contributed by atoms with E-state index in [1.807, 2.05) is 37.3 Å². The highest BCUT2D eigenvalue weighted by Crippen LogP contribution is 2.33. The molecular weight excluding hydrogens is 476 g/mol. The summed E-state index contributed by atoms with van der Waals surface area (Å²) in [6.07, 6.45) is 0.692. The third-order valence-electron chi connectivity index (χ3n) is 5.78. The van der Waals surface area contributed by atoms with E-state index >= 15 is 0 Å². The molecule has 0 heterocycles. The number of methoxy groups -OCH3 is 2. The van der Waals surface area contributed by atoms with Gasteiger partial charge in [-0.25, -0.2) is 8.42 Å². The molecule has 3 aromatic rings. The number of anilines is 1. The Balaban J connectivity index is 1.97. The highest BCUT2D eigenvalue weighted by Gasteiger charge is 2.30. The van der Waals surface area contributed by atoms with Crippen molar-refractivity contribution in [2.45, 2.75) is 38.1 Å². The van der Waals surface area contributed by atoms with E-state index in [0.717, 1.165) is 21.2 Å². The number of nitrogens with zero attached hydrogens (tertiary/aromatic N) is 1. The van der Waals surface area contributed by atoms with Crippen LogP contribution >= 0.6 is 0 Å². The zero-order valence-electron chi connectivity index (χ0n) is 21.4. The zero-order chi connectivity index (χ0) is 26.3. The van der Waals surface area contributed by atoms with Crippen molar-refractivity contribution in [3.8, 4) is 11.5 Å². The summed E-state index contributed by atoms with van der Waals surface area (Å²) < 4.78 is 39.3. The quantitative estimate of drug-likeness (QED) is 0.387. The Bertz CT molecular complexity index is 1260. The average molecular weight is 511 g/mol. The number of aryl methyl sites for hydroxylation is 1. The van der Waals surface area contributed by atoms with Gasteiger partial charge in [0.2, 0.25) is 5.91 Å². The highest BCUT2D eigenvalue weighted by atomic mass is 32.2. The number of ether oxygens (including phenoxy) is 2. The van der Waals surface area contributed by atoms with Crippen molar-refractivity contribution in [1.29, 1.82) is 0 Å². The predicted molar refractivity (Wildman–Crippen MR) is 142 cm³/mol. The Morgan fingerprint density at radius 3 is 2.19 bits per heavy atom. The number of hydrogen-bond donors (Lipinski definition) is 1. The number of carbonyl (C=O) groups excluding carboxylic acids is 1. The van der Waals surface area contributed by atoms with Gasteiger partial charge in [0.1, 0.15) is 18.0 Å². The molecular formula is C28H34N2O5S. The molecule has 0 spiro atoms. The molecule has 1 N–H and O–H groups in total. The second-order valence-electron chi connectivity index (χ2n) is 9.02. The van der Waals surface area contributed by atoms with Crippen molar-refractivity contribution in [3.05, 3.63) is 83.9 Å². The topological polar surface area (TPSA) is 84.9 Å². The standard InChI is InChI=1S/C28H34N2O5S/c1-20(2)17-25(22-12-14-23(34-4)15-13-22)29-28(31)19-30(26-18-21(3)11-16-27(26)35-5)36(32,33)24-9-7-6-8-10-24/h6-16,18,20,25H,17,19H2,1-5H3,(H,29,31)/t25-/m0/s1. The number of benzene rings is 3. The number of carbonyl (C=O) groups is 1. The van der Waals surface area contributed by atoms with Crippen molar-refractivity contribution in [2.75, 3.05) is 25.1 Å². The van der Waals surface area contributed by atoms with Crippen molar-refractivity contribution in [3.63, 3.8) is 0 Å². The van der Waals surface area contributed by atoms with Crippen LogP contribution in [0.3, 0.4) is 0 Å². The van der Waals surface area contributed by atoms with Crippen LogP contribution in [0.4, 0.5) is 5.69 Å². The molecule has 3 aromatic carbocycles. The van der Waals surface area contributed by atoms with Gasteiger partial charge in [-0.2, -0.15) is 0 Å². The number of rotatable bonds is 11. The van der Waals surface area contributed by atoms with E-state index in [-0.39, 0.29) is 10.9 Å². The van der Waals surface area contributed by atoms with Gasteiger partial charge in [0.05, 0.1) is 30.8 Å². The molecule has 3 rings (SSSR count). The smallest absolute Gasteiger partial charge is 0.264 e. The summed E-state index contributed by atoms with van der Waals surface area (Å²) in [6, 6.07) is 20.6. The van der Waals surface area contributed by atoms with Crippen molar-refractivity contribution in [2.24, 2.45) is 5.92 Å². The largest absolute Gasteiger partial charge is 0.497 e. The van der Waals surface area contributed by atoms with E-state index in [2.05, 4.69) is 19.2 Å². The lowest BCUT2D eigenvalue weighted by Gasteiger charge is -2.28. The minimum absolute atomic E-state index is 0.0928. The molecule has 0 fully saturated rings. The first-order chi connectivity index (χ1) is 17.1. The summed E-state index contributed by atoms with van der Waals surface area (Å²) in [5.74, 6) is 0.972. The second-order valence-corrected chi connectivity index (χ2v) is 10.9. The van der Waals surface area contributed by atoms with Crippen LogP contribution in [-0.4, -0.2) is 35.1 Å². The predicted octanol–water partition coefficient (Wildman–Crippen LogP) is 5.11. The summed E-state index contributed by atoms with van der Waals surface area (Å²) in [4.78, 5) is 13.5. The number of amides is 1.